The number of rotatable bonds is 9. The smallest absolute Gasteiger partial charge is 0.338 e. The number of fused-ring (bicyclic) bond motifs is 1. The summed E-state index contributed by atoms with van der Waals surface area (Å²) >= 11 is 4.79. The summed E-state index contributed by atoms with van der Waals surface area (Å²) in [5, 5.41) is 10.8. The zero-order valence-corrected chi connectivity index (χ0v) is 25.7. The number of nitrogens with zero attached hydrogens (tertiary/aromatic N) is 3. The quantitative estimate of drug-likeness (QED) is 0.355. The molecule has 2 heterocycles. The molecule has 0 bridgehead atoms. The highest BCUT2D eigenvalue weighted by Gasteiger charge is 2.35. The first-order chi connectivity index (χ1) is 19.2. The Balaban J connectivity index is 1.95. The van der Waals surface area contributed by atoms with Gasteiger partial charge in [0.1, 0.15) is 5.75 Å². The number of phenols is 1. The highest BCUT2D eigenvalue weighted by Crippen LogP contribution is 2.40. The first-order valence-electron chi connectivity index (χ1n) is 12.9. The van der Waals surface area contributed by atoms with Crippen LogP contribution >= 0.6 is 27.3 Å². The summed E-state index contributed by atoms with van der Waals surface area (Å²) in [6.45, 7) is 9.33. The molecule has 0 saturated carbocycles. The molecule has 1 aromatic heterocycles. The number of aromatic nitrogens is 1. The van der Waals surface area contributed by atoms with Crippen LogP contribution in [0.4, 0.5) is 5.69 Å². The van der Waals surface area contributed by atoms with Gasteiger partial charge in [0.25, 0.3) is 5.56 Å². The average molecular weight is 631 g/mol. The second-order valence-corrected chi connectivity index (χ2v) is 10.8. The molecule has 0 unspecified atom stereocenters. The van der Waals surface area contributed by atoms with E-state index in [1.165, 1.54) is 30.1 Å². The van der Waals surface area contributed by atoms with Crippen LogP contribution < -0.4 is 29.3 Å². The van der Waals surface area contributed by atoms with Crippen molar-refractivity contribution in [3.05, 3.63) is 76.9 Å². The van der Waals surface area contributed by atoms with E-state index in [0.717, 1.165) is 18.8 Å². The van der Waals surface area contributed by atoms with Crippen molar-refractivity contribution in [1.82, 2.24) is 4.57 Å². The largest absolute Gasteiger partial charge is 0.507 e. The number of carbonyl (C=O) groups is 1. The predicted octanol–water partition coefficient (Wildman–Crippen LogP) is 4.13. The maximum atomic E-state index is 13.9. The summed E-state index contributed by atoms with van der Waals surface area (Å²) in [6, 6.07) is 8.03. The van der Waals surface area contributed by atoms with Crippen LogP contribution in [0.1, 0.15) is 44.9 Å². The zero-order valence-electron chi connectivity index (χ0n) is 23.3. The van der Waals surface area contributed by atoms with E-state index in [-0.39, 0.29) is 23.5 Å². The Labute approximate surface area is 244 Å². The standard InChI is InChI=1S/C29H32BrN3O6S/c1-7-32(8-2)18-11-10-17(21(34)13-18)12-24-27(35)33-26(19-14-22(37-5)23(38-6)15-20(19)30)25(28(36)39-9-3)16(4)31-29(33)40-24/h10-15,26,34H,7-9H2,1-6H3/b24-12-/t26-/m1/s1. The van der Waals surface area contributed by atoms with Gasteiger partial charge in [0.05, 0.1) is 42.7 Å². The molecular formula is C29H32BrN3O6S. The molecule has 4 rings (SSSR count). The van der Waals surface area contributed by atoms with Crippen molar-refractivity contribution in [2.75, 3.05) is 38.8 Å². The summed E-state index contributed by atoms with van der Waals surface area (Å²) < 4.78 is 18.8. The molecular weight excluding hydrogens is 598 g/mol. The number of esters is 1. The van der Waals surface area contributed by atoms with E-state index in [0.29, 0.717) is 42.1 Å². The predicted molar refractivity (Wildman–Crippen MR) is 159 cm³/mol. The normalized spacial score (nSPS) is 15.0. The van der Waals surface area contributed by atoms with Gasteiger partial charge in [-0.1, -0.05) is 27.3 Å². The number of benzene rings is 2. The summed E-state index contributed by atoms with van der Waals surface area (Å²) in [7, 11) is 3.05. The molecule has 1 N–H and O–H groups in total. The lowest BCUT2D eigenvalue weighted by Crippen LogP contribution is -2.40. The summed E-state index contributed by atoms with van der Waals surface area (Å²) in [5.41, 5.74) is 2.36. The van der Waals surface area contributed by atoms with Gasteiger partial charge in [-0.15, -0.1) is 0 Å². The number of methoxy groups -OCH3 is 2. The molecule has 1 aliphatic rings. The molecule has 40 heavy (non-hydrogen) atoms. The van der Waals surface area contributed by atoms with E-state index < -0.39 is 12.0 Å². The van der Waals surface area contributed by atoms with Crippen molar-refractivity contribution in [2.24, 2.45) is 4.99 Å². The van der Waals surface area contributed by atoms with Gasteiger partial charge in [0.2, 0.25) is 0 Å². The van der Waals surface area contributed by atoms with Crippen LogP contribution in [0.25, 0.3) is 6.08 Å². The fourth-order valence-corrected chi connectivity index (χ4v) is 6.32. The lowest BCUT2D eigenvalue weighted by atomic mass is 9.95. The lowest BCUT2D eigenvalue weighted by Gasteiger charge is -2.26. The zero-order chi connectivity index (χ0) is 29.1. The molecule has 1 aliphatic heterocycles. The van der Waals surface area contributed by atoms with Crippen LogP contribution in [0.2, 0.25) is 0 Å². The topological polar surface area (TPSA) is 103 Å². The van der Waals surface area contributed by atoms with Gasteiger partial charge in [0, 0.05) is 34.9 Å². The Morgan fingerprint density at radius 1 is 1.15 bits per heavy atom. The van der Waals surface area contributed by atoms with Crippen LogP contribution in [0, 0.1) is 0 Å². The molecule has 1 atom stereocenters. The molecule has 0 radical (unpaired) electrons. The van der Waals surface area contributed by atoms with Gasteiger partial charge in [-0.2, -0.15) is 0 Å². The number of thiazole rings is 1. The average Bonchev–Trinajstić information content (AvgIpc) is 3.24. The van der Waals surface area contributed by atoms with Crippen molar-refractivity contribution in [1.29, 1.82) is 0 Å². The molecule has 9 nitrogen and oxygen atoms in total. The van der Waals surface area contributed by atoms with Crippen molar-refractivity contribution < 1.29 is 24.1 Å². The minimum absolute atomic E-state index is 0.0674. The number of phenolic OH excluding ortho intramolecular Hbond substituents is 1. The fourth-order valence-electron chi connectivity index (χ4n) is 4.75. The summed E-state index contributed by atoms with van der Waals surface area (Å²) in [5.74, 6) is 0.443. The van der Waals surface area contributed by atoms with E-state index >= 15 is 0 Å². The second kappa shape index (κ2) is 12.3. The van der Waals surface area contributed by atoms with E-state index in [1.807, 2.05) is 6.07 Å². The van der Waals surface area contributed by atoms with Crippen LogP contribution in [0.5, 0.6) is 17.2 Å². The minimum Gasteiger partial charge on any atom is -0.507 e. The minimum atomic E-state index is -0.842. The molecule has 0 amide bonds. The summed E-state index contributed by atoms with van der Waals surface area (Å²) in [6.07, 6.45) is 1.65. The molecule has 0 saturated heterocycles. The maximum absolute atomic E-state index is 13.9. The van der Waals surface area contributed by atoms with Crippen LogP contribution in [0.15, 0.2) is 55.9 Å². The van der Waals surface area contributed by atoms with E-state index in [9.17, 15) is 14.7 Å². The monoisotopic (exact) mass is 629 g/mol. The molecule has 212 valence electrons. The third-order valence-electron chi connectivity index (χ3n) is 6.74. The van der Waals surface area contributed by atoms with Crippen molar-refractivity contribution >= 4 is 45.0 Å². The number of allylic oxidation sites excluding steroid dienone is 1. The van der Waals surface area contributed by atoms with Gasteiger partial charge in [0.15, 0.2) is 16.3 Å². The fraction of sp³-hybridized carbons (Fsp3) is 0.345. The lowest BCUT2D eigenvalue weighted by molar-refractivity contribution is -0.139. The van der Waals surface area contributed by atoms with Gasteiger partial charge >= 0.3 is 5.97 Å². The molecule has 11 heteroatoms. The number of halogens is 1. The number of aromatic hydroxyl groups is 1. The van der Waals surface area contributed by atoms with Crippen molar-refractivity contribution in [3.63, 3.8) is 0 Å². The molecule has 0 fully saturated rings. The maximum Gasteiger partial charge on any atom is 0.338 e. The molecule has 3 aromatic rings. The Morgan fingerprint density at radius 2 is 1.82 bits per heavy atom. The number of hydrogen-bond donors (Lipinski definition) is 1. The SMILES string of the molecule is CCOC(=O)C1=C(C)N=c2s/c(=C\c3ccc(N(CC)CC)cc3O)c(=O)n2[C@@H]1c1cc(OC)c(OC)cc1Br. The first-order valence-corrected chi connectivity index (χ1v) is 14.5. The molecule has 0 spiro atoms. The Kier molecular flexibility index (Phi) is 9.05. The van der Waals surface area contributed by atoms with Gasteiger partial charge in [-0.25, -0.2) is 9.79 Å². The number of carbonyl (C=O) groups excluding carboxylic acids is 1. The van der Waals surface area contributed by atoms with Gasteiger partial charge in [-0.05, 0) is 63.6 Å². The highest BCUT2D eigenvalue weighted by molar-refractivity contribution is 9.10. The van der Waals surface area contributed by atoms with Crippen LogP contribution in [0.3, 0.4) is 0 Å². The van der Waals surface area contributed by atoms with Crippen molar-refractivity contribution in [2.45, 2.75) is 33.7 Å². The van der Waals surface area contributed by atoms with Crippen LogP contribution in [-0.2, 0) is 9.53 Å². The number of hydrogen-bond acceptors (Lipinski definition) is 9. The Bertz CT molecular complexity index is 1660. The number of ether oxygens (including phenoxy) is 3. The first kappa shape index (κ1) is 29.4. The summed E-state index contributed by atoms with van der Waals surface area (Å²) in [4.78, 5) is 34.3. The number of anilines is 1. The van der Waals surface area contributed by atoms with Crippen molar-refractivity contribution in [3.8, 4) is 17.2 Å². The van der Waals surface area contributed by atoms with E-state index in [1.54, 1.807) is 44.2 Å². The van der Waals surface area contributed by atoms with E-state index in [4.69, 9.17) is 14.2 Å². The molecule has 0 aliphatic carbocycles. The second-order valence-electron chi connectivity index (χ2n) is 8.95. The molecule has 2 aromatic carbocycles. The highest BCUT2D eigenvalue weighted by atomic mass is 79.9. The van der Waals surface area contributed by atoms with E-state index in [2.05, 4.69) is 39.7 Å². The van der Waals surface area contributed by atoms with Crippen LogP contribution in [-0.4, -0.2) is 49.6 Å². The third kappa shape index (κ3) is 5.40. The Morgan fingerprint density at radius 3 is 2.42 bits per heavy atom. The third-order valence-corrected chi connectivity index (χ3v) is 8.41. The Hall–Kier alpha value is -3.57. The van der Waals surface area contributed by atoms with Gasteiger partial charge in [-0.3, -0.25) is 9.36 Å². The van der Waals surface area contributed by atoms with Gasteiger partial charge < -0.3 is 24.2 Å².